The number of hydrogen-bond acceptors (Lipinski definition) is 5. The molecule has 0 unspecified atom stereocenters. The van der Waals surface area contributed by atoms with Crippen molar-refractivity contribution in [3.63, 3.8) is 0 Å². The first-order valence-corrected chi connectivity index (χ1v) is 7.34. The minimum atomic E-state index is -0.359. The summed E-state index contributed by atoms with van der Waals surface area (Å²) in [5.41, 5.74) is 0.687. The fourth-order valence-electron chi connectivity index (χ4n) is 2.05. The van der Waals surface area contributed by atoms with Crippen molar-refractivity contribution in [1.29, 1.82) is 0 Å². The highest BCUT2D eigenvalue weighted by Crippen LogP contribution is 2.32. The van der Waals surface area contributed by atoms with Crippen LogP contribution in [0.3, 0.4) is 0 Å². The van der Waals surface area contributed by atoms with Crippen LogP contribution in [0.4, 0.5) is 0 Å². The number of nitrogens with zero attached hydrogens (tertiary/aromatic N) is 1. The molecule has 0 fully saturated rings. The van der Waals surface area contributed by atoms with E-state index in [4.69, 9.17) is 33.7 Å². The predicted octanol–water partition coefficient (Wildman–Crippen LogP) is 1.59. The fraction of sp³-hybridized carbons (Fsp3) is 0.286. The van der Waals surface area contributed by atoms with E-state index in [1.165, 1.54) is 6.07 Å². The van der Waals surface area contributed by atoms with Gasteiger partial charge < -0.3 is 19.5 Å². The highest BCUT2D eigenvalue weighted by Gasteiger charge is 2.13. The molecule has 0 atom stereocenters. The Kier molecular flexibility index (Phi) is 5.73. The van der Waals surface area contributed by atoms with Crippen LogP contribution in [0.1, 0.15) is 0 Å². The van der Waals surface area contributed by atoms with E-state index in [0.717, 1.165) is 0 Å². The Labute approximate surface area is 136 Å². The van der Waals surface area contributed by atoms with Gasteiger partial charge in [-0.3, -0.25) is 9.78 Å². The van der Waals surface area contributed by atoms with Crippen LogP contribution in [-0.4, -0.2) is 39.6 Å². The van der Waals surface area contributed by atoms with Crippen molar-refractivity contribution in [2.75, 3.05) is 19.8 Å². The minimum Gasteiger partial charge on any atom is -0.490 e. The van der Waals surface area contributed by atoms with Crippen LogP contribution < -0.4 is 10.3 Å². The van der Waals surface area contributed by atoms with Gasteiger partial charge in [0.15, 0.2) is 4.77 Å². The molecule has 0 saturated carbocycles. The number of nitrogens with one attached hydrogen (secondary N) is 1. The second-order valence-electron chi connectivity index (χ2n) is 4.41. The Balaban J connectivity index is 2.67. The monoisotopic (exact) mass is 342 g/mol. The Bertz CT molecular complexity index is 772. The number of H-pyrrole nitrogens is 1. The first-order chi connectivity index (χ1) is 10.6. The maximum atomic E-state index is 11.7. The molecule has 1 aromatic carbocycles. The average molecular weight is 343 g/mol. The smallest absolute Gasteiger partial charge is 0.252 e. The molecule has 6 nitrogen and oxygen atoms in total. The number of aromatic amines is 1. The van der Waals surface area contributed by atoms with Crippen LogP contribution >= 0.6 is 23.8 Å². The lowest BCUT2D eigenvalue weighted by molar-refractivity contribution is 0.202. The lowest BCUT2D eigenvalue weighted by Gasteiger charge is -2.16. The first kappa shape index (κ1) is 16.7. The zero-order chi connectivity index (χ0) is 16.1. The molecule has 0 aliphatic heterocycles. The summed E-state index contributed by atoms with van der Waals surface area (Å²) in [6.45, 7) is 0.0522. The van der Waals surface area contributed by atoms with E-state index < -0.39 is 0 Å². The topological polar surface area (TPSA) is 87.5 Å². The van der Waals surface area contributed by atoms with Gasteiger partial charge in [0, 0.05) is 23.2 Å². The van der Waals surface area contributed by atoms with E-state index in [0.29, 0.717) is 22.0 Å². The molecule has 1 aromatic heterocycles. The van der Waals surface area contributed by atoms with Crippen LogP contribution in [0, 0.1) is 4.77 Å². The van der Waals surface area contributed by atoms with Gasteiger partial charge in [0.05, 0.1) is 18.9 Å². The zero-order valence-corrected chi connectivity index (χ0v) is 13.2. The van der Waals surface area contributed by atoms with Crippen LogP contribution in [0.15, 0.2) is 29.1 Å². The van der Waals surface area contributed by atoms with Gasteiger partial charge in [-0.1, -0.05) is 11.6 Å². The van der Waals surface area contributed by atoms with Crippen LogP contribution in [0.2, 0.25) is 5.02 Å². The summed E-state index contributed by atoms with van der Waals surface area (Å²) in [4.78, 5) is 14.2. The second-order valence-corrected chi connectivity index (χ2v) is 5.23. The summed E-state index contributed by atoms with van der Waals surface area (Å²) in [7, 11) is 0. The average Bonchev–Trinajstić information content (AvgIpc) is 2.48. The summed E-state index contributed by atoms with van der Waals surface area (Å²) in [5.74, 6) is 0.463. The van der Waals surface area contributed by atoms with Crippen molar-refractivity contribution < 1.29 is 14.9 Å². The van der Waals surface area contributed by atoms with Crippen LogP contribution in [-0.2, 0) is 6.54 Å². The molecule has 3 N–H and O–H groups in total. The van der Waals surface area contributed by atoms with Crippen molar-refractivity contribution in [2.45, 2.75) is 6.54 Å². The Morgan fingerprint density at radius 2 is 2.05 bits per heavy atom. The molecule has 0 radical (unpaired) electrons. The van der Waals surface area contributed by atoms with Crippen LogP contribution in [0.25, 0.3) is 11.3 Å². The first-order valence-electron chi connectivity index (χ1n) is 6.55. The Hall–Kier alpha value is -1.67. The van der Waals surface area contributed by atoms with Crippen molar-refractivity contribution in [1.82, 2.24) is 9.55 Å². The Morgan fingerprint density at radius 3 is 2.73 bits per heavy atom. The van der Waals surface area contributed by atoms with Crippen LogP contribution in [0.5, 0.6) is 5.75 Å². The van der Waals surface area contributed by atoms with Gasteiger partial charge in [-0.05, 0) is 30.4 Å². The molecule has 0 aliphatic rings. The number of aromatic nitrogens is 2. The summed E-state index contributed by atoms with van der Waals surface area (Å²) < 4.78 is 7.27. The van der Waals surface area contributed by atoms with Crippen molar-refractivity contribution in [2.24, 2.45) is 0 Å². The highest BCUT2D eigenvalue weighted by molar-refractivity contribution is 7.71. The number of benzene rings is 1. The third-order valence-corrected chi connectivity index (χ3v) is 3.48. The molecule has 0 saturated heterocycles. The number of ether oxygens (including phenoxy) is 1. The quantitative estimate of drug-likeness (QED) is 0.694. The van der Waals surface area contributed by atoms with E-state index in [-0.39, 0.29) is 36.7 Å². The van der Waals surface area contributed by atoms with Crippen molar-refractivity contribution >= 4 is 23.8 Å². The maximum Gasteiger partial charge on any atom is 0.252 e. The number of aliphatic hydroxyl groups is 2. The van der Waals surface area contributed by atoms with E-state index in [1.807, 2.05) is 0 Å². The summed E-state index contributed by atoms with van der Waals surface area (Å²) in [6, 6.07) is 6.31. The van der Waals surface area contributed by atoms with E-state index >= 15 is 0 Å². The standard InChI is InChI=1S/C14H15ClN2O4S/c15-9-1-2-12(21-6-5-19)10(7-9)11-8-13(20)16-14(22)17(11)3-4-18/h1-2,7-8,18-19H,3-6H2,(H,16,20,22). The largest absolute Gasteiger partial charge is 0.490 e. The molecule has 1 heterocycles. The molecule has 0 amide bonds. The van der Waals surface area contributed by atoms with E-state index in [1.54, 1.807) is 22.8 Å². The molecule has 118 valence electrons. The minimum absolute atomic E-state index is 0.110. The zero-order valence-electron chi connectivity index (χ0n) is 11.6. The van der Waals surface area contributed by atoms with E-state index in [9.17, 15) is 9.90 Å². The van der Waals surface area contributed by atoms with Gasteiger partial charge in [0.2, 0.25) is 0 Å². The van der Waals surface area contributed by atoms with Gasteiger partial charge >= 0.3 is 0 Å². The lowest BCUT2D eigenvalue weighted by atomic mass is 10.1. The SMILES string of the molecule is O=c1cc(-c2cc(Cl)ccc2OCCO)n(CCO)c(=S)[nH]1. The maximum absolute atomic E-state index is 11.7. The molecular weight excluding hydrogens is 328 g/mol. The Morgan fingerprint density at radius 1 is 1.27 bits per heavy atom. The molecule has 2 aromatic rings. The molecular formula is C14H15ClN2O4S. The molecule has 0 aliphatic carbocycles. The predicted molar refractivity (Wildman–Crippen MR) is 86.0 cm³/mol. The van der Waals surface area contributed by atoms with Gasteiger partial charge in [0.25, 0.3) is 5.56 Å². The summed E-state index contributed by atoms with van der Waals surface area (Å²) in [6.07, 6.45) is 0. The molecule has 8 heteroatoms. The van der Waals surface area contributed by atoms with Gasteiger partial charge in [0.1, 0.15) is 12.4 Å². The van der Waals surface area contributed by atoms with Gasteiger partial charge in [-0.2, -0.15) is 0 Å². The third-order valence-electron chi connectivity index (χ3n) is 2.92. The van der Waals surface area contributed by atoms with Crippen molar-refractivity contribution in [3.05, 3.63) is 44.4 Å². The molecule has 0 spiro atoms. The normalized spacial score (nSPS) is 10.7. The number of halogens is 1. The third kappa shape index (κ3) is 3.75. The number of hydrogen-bond donors (Lipinski definition) is 3. The van der Waals surface area contributed by atoms with E-state index in [2.05, 4.69) is 4.98 Å². The second kappa shape index (κ2) is 7.55. The van der Waals surface area contributed by atoms with Gasteiger partial charge in [-0.15, -0.1) is 0 Å². The van der Waals surface area contributed by atoms with Crippen molar-refractivity contribution in [3.8, 4) is 17.0 Å². The van der Waals surface area contributed by atoms with Gasteiger partial charge in [-0.25, -0.2) is 0 Å². The molecule has 2 rings (SSSR count). The number of rotatable bonds is 6. The summed E-state index contributed by atoms with van der Waals surface area (Å²) in [5, 5.41) is 18.6. The summed E-state index contributed by atoms with van der Waals surface area (Å²) >= 11 is 11.2. The molecule has 0 bridgehead atoms. The number of aliphatic hydroxyl groups excluding tert-OH is 2. The highest BCUT2D eigenvalue weighted by atomic mass is 35.5. The fourth-order valence-corrected chi connectivity index (χ4v) is 2.51. The lowest BCUT2D eigenvalue weighted by Crippen LogP contribution is -2.16. The molecule has 22 heavy (non-hydrogen) atoms.